The van der Waals surface area contributed by atoms with Gasteiger partial charge in [-0.1, -0.05) is 0 Å². The fourth-order valence-electron chi connectivity index (χ4n) is 0.791. The van der Waals surface area contributed by atoms with Crippen LogP contribution in [-0.4, -0.2) is 31.9 Å². The number of hydrogen-bond acceptors (Lipinski definition) is 8. The molecule has 0 fully saturated rings. The second kappa shape index (κ2) is 11.6. The Bertz CT molecular complexity index is 213. The van der Waals surface area contributed by atoms with E-state index in [4.69, 9.17) is 0 Å². The van der Waals surface area contributed by atoms with Gasteiger partial charge in [0.15, 0.2) is 0 Å². The summed E-state index contributed by atoms with van der Waals surface area (Å²) in [7, 11) is 2.41. The molecule has 0 aliphatic heterocycles. The van der Waals surface area contributed by atoms with Gasteiger partial charge in [-0.15, -0.1) is 0 Å². The molecule has 88 valence electrons. The van der Waals surface area contributed by atoms with Gasteiger partial charge in [0, 0.05) is 17.8 Å². The van der Waals surface area contributed by atoms with E-state index in [-0.39, 0.29) is 41.7 Å². The van der Waals surface area contributed by atoms with Crippen molar-refractivity contribution in [2.45, 2.75) is 6.42 Å². The number of rotatable bonds is 7. The van der Waals surface area contributed by atoms with Crippen LogP contribution in [0, 0.1) is 5.92 Å². The summed E-state index contributed by atoms with van der Waals surface area (Å²) < 4.78 is 12.8. The van der Waals surface area contributed by atoms with Crippen molar-refractivity contribution in [1.82, 2.24) is 0 Å². The molecule has 1 atom stereocenters. The van der Waals surface area contributed by atoms with Crippen molar-refractivity contribution >= 4 is 24.0 Å². The summed E-state index contributed by atoms with van der Waals surface area (Å²) in [4.78, 5) is 22.0. The molecule has 0 aliphatic carbocycles. The van der Waals surface area contributed by atoms with Gasteiger partial charge in [0.05, 0.1) is 26.6 Å². The van der Waals surface area contributed by atoms with E-state index in [0.717, 1.165) is 0 Å². The number of carbonyl (C=O) groups is 2. The van der Waals surface area contributed by atoms with Crippen molar-refractivity contribution in [2.24, 2.45) is 5.92 Å². The molecule has 0 radical (unpaired) electrons. The summed E-state index contributed by atoms with van der Waals surface area (Å²) in [6, 6.07) is 0. The van der Waals surface area contributed by atoms with Crippen molar-refractivity contribution in [3.63, 3.8) is 0 Å². The van der Waals surface area contributed by atoms with Crippen LogP contribution in [0.1, 0.15) is 6.42 Å². The van der Waals surface area contributed by atoms with Crippen LogP contribution >= 0.6 is 12.0 Å². The maximum atomic E-state index is 11.1. The quantitative estimate of drug-likeness (QED) is 0.115. The molecule has 0 saturated heterocycles. The Hall–Kier alpha value is 0.170. The Morgan fingerprint density at radius 1 is 1.31 bits per heavy atom. The Kier molecular flexibility index (Phi) is 13.5. The van der Waals surface area contributed by atoms with Crippen molar-refractivity contribution in [1.29, 1.82) is 0 Å². The minimum Gasteiger partial charge on any atom is -0.691 e. The first-order chi connectivity index (χ1) is 7.15. The van der Waals surface area contributed by atoms with Gasteiger partial charge in [0.25, 0.3) is 0 Å². The molecule has 0 aliphatic rings. The zero-order chi connectivity index (χ0) is 11.7. The van der Waals surface area contributed by atoms with Gasteiger partial charge >= 0.3 is 41.5 Å². The average molecular weight is 262 g/mol. The number of esters is 2. The standard InChI is InChI=1S/C7H12O7S.Na/c1-11-6(8)3-5(7(9)12-2)4-15-14-13-10;/h5,10H,3-4H2,1-2H3;/q;+1/p-1. The molecular weight excluding hydrogens is 251 g/mol. The van der Waals surface area contributed by atoms with Crippen molar-refractivity contribution < 1.29 is 63.2 Å². The molecule has 0 aromatic carbocycles. The van der Waals surface area contributed by atoms with E-state index in [2.05, 4.69) is 18.8 Å². The van der Waals surface area contributed by atoms with E-state index >= 15 is 0 Å². The third-order valence-corrected chi connectivity index (χ3v) is 2.21. The molecule has 9 heteroatoms. The predicted octanol–water partition coefficient (Wildman–Crippen LogP) is -3.79. The van der Waals surface area contributed by atoms with Crippen molar-refractivity contribution in [2.75, 3.05) is 20.0 Å². The fourth-order valence-corrected chi connectivity index (χ4v) is 1.30. The van der Waals surface area contributed by atoms with E-state index in [1.807, 2.05) is 0 Å². The second-order valence-corrected chi connectivity index (χ2v) is 3.13. The Labute approximate surface area is 119 Å². The minimum atomic E-state index is -0.734. The second-order valence-electron chi connectivity index (χ2n) is 2.42. The number of methoxy groups -OCH3 is 2. The van der Waals surface area contributed by atoms with Gasteiger partial charge < -0.3 is 14.7 Å². The molecule has 0 amide bonds. The van der Waals surface area contributed by atoms with Crippen LogP contribution in [0.5, 0.6) is 0 Å². The Morgan fingerprint density at radius 3 is 2.38 bits per heavy atom. The van der Waals surface area contributed by atoms with Crippen LogP contribution in [0.15, 0.2) is 0 Å². The van der Waals surface area contributed by atoms with E-state index in [1.54, 1.807) is 0 Å². The SMILES string of the molecule is COC(=O)CC(CSOO[O-])C(=O)OC.[Na+]. The van der Waals surface area contributed by atoms with Gasteiger partial charge in [0.2, 0.25) is 0 Å². The van der Waals surface area contributed by atoms with Gasteiger partial charge in [-0.3, -0.25) is 14.6 Å². The summed E-state index contributed by atoms with van der Waals surface area (Å²) in [5.41, 5.74) is 0. The smallest absolute Gasteiger partial charge is 0.691 e. The maximum Gasteiger partial charge on any atom is 1.00 e. The summed E-state index contributed by atoms with van der Waals surface area (Å²) in [5.74, 6) is -1.80. The van der Waals surface area contributed by atoms with Crippen LogP contribution in [-0.2, 0) is 28.4 Å². The molecule has 0 heterocycles. The third kappa shape index (κ3) is 8.34. The fraction of sp³-hybridized carbons (Fsp3) is 0.714. The van der Waals surface area contributed by atoms with Gasteiger partial charge in [-0.2, -0.15) is 4.33 Å². The summed E-state index contributed by atoms with van der Waals surface area (Å²) in [5, 5.41) is 12.6. The molecular formula is C7H11NaO7S. The molecule has 0 aromatic rings. The summed E-state index contributed by atoms with van der Waals surface area (Å²) in [6.07, 6.45) is -0.140. The molecule has 7 nitrogen and oxygen atoms in total. The number of hydrogen-bond donors (Lipinski definition) is 0. The van der Waals surface area contributed by atoms with E-state index in [0.29, 0.717) is 12.0 Å². The van der Waals surface area contributed by atoms with E-state index in [9.17, 15) is 14.8 Å². The molecule has 0 spiro atoms. The predicted molar refractivity (Wildman–Crippen MR) is 46.8 cm³/mol. The van der Waals surface area contributed by atoms with Gasteiger partial charge in [-0.25, -0.2) is 0 Å². The monoisotopic (exact) mass is 262 g/mol. The molecule has 0 bridgehead atoms. The molecule has 1 unspecified atom stereocenters. The van der Waals surface area contributed by atoms with Crippen LogP contribution in [0.25, 0.3) is 0 Å². The molecule has 16 heavy (non-hydrogen) atoms. The number of carbonyl (C=O) groups excluding carboxylic acids is 2. The van der Waals surface area contributed by atoms with Crippen LogP contribution < -0.4 is 34.8 Å². The summed E-state index contributed by atoms with van der Waals surface area (Å²) >= 11 is 0.614. The zero-order valence-electron chi connectivity index (χ0n) is 9.26. The third-order valence-electron chi connectivity index (χ3n) is 1.52. The zero-order valence-corrected chi connectivity index (χ0v) is 12.1. The topological polar surface area (TPSA) is 94.1 Å². The summed E-state index contributed by atoms with van der Waals surface area (Å²) in [6.45, 7) is 0. The van der Waals surface area contributed by atoms with Crippen molar-refractivity contribution in [3.05, 3.63) is 0 Å². The van der Waals surface area contributed by atoms with Crippen LogP contribution in [0.2, 0.25) is 0 Å². The molecule has 0 rings (SSSR count). The largest absolute Gasteiger partial charge is 1.00 e. The van der Waals surface area contributed by atoms with E-state index < -0.39 is 17.9 Å². The number of ether oxygens (including phenoxy) is 2. The first-order valence-electron chi connectivity index (χ1n) is 3.88. The van der Waals surface area contributed by atoms with Gasteiger partial charge in [0.1, 0.15) is 0 Å². The Morgan fingerprint density at radius 2 is 1.94 bits per heavy atom. The average Bonchev–Trinajstić information content (AvgIpc) is 2.26. The normalized spacial score (nSPS) is 11.2. The first-order valence-corrected chi connectivity index (χ1v) is 4.79. The van der Waals surface area contributed by atoms with Crippen LogP contribution in [0.3, 0.4) is 0 Å². The van der Waals surface area contributed by atoms with Crippen LogP contribution in [0.4, 0.5) is 0 Å². The van der Waals surface area contributed by atoms with E-state index in [1.165, 1.54) is 14.2 Å². The van der Waals surface area contributed by atoms with Gasteiger partial charge in [-0.05, 0) is 0 Å². The molecule has 0 N–H and O–H groups in total. The Balaban J connectivity index is 0. The minimum absolute atomic E-state index is 0. The first kappa shape index (κ1) is 18.5. The molecule has 0 aromatic heterocycles. The molecule has 0 saturated carbocycles. The van der Waals surface area contributed by atoms with Crippen molar-refractivity contribution in [3.8, 4) is 0 Å². The maximum absolute atomic E-state index is 11.1.